The zero-order valence-corrected chi connectivity index (χ0v) is 12.3. The lowest BCUT2D eigenvalue weighted by atomic mass is 9.82. The first kappa shape index (κ1) is 15.1. The van der Waals surface area contributed by atoms with E-state index < -0.39 is 5.97 Å². The van der Waals surface area contributed by atoms with Gasteiger partial charge in [-0.25, -0.2) is 4.79 Å². The maximum absolute atomic E-state index is 12.1. The van der Waals surface area contributed by atoms with Crippen molar-refractivity contribution in [3.05, 3.63) is 0 Å². The summed E-state index contributed by atoms with van der Waals surface area (Å²) >= 11 is 0. The van der Waals surface area contributed by atoms with E-state index in [1.54, 1.807) is 0 Å². The third-order valence-electron chi connectivity index (χ3n) is 4.58. The van der Waals surface area contributed by atoms with Crippen molar-refractivity contribution in [2.24, 2.45) is 17.8 Å². The predicted molar refractivity (Wildman–Crippen MR) is 76.5 cm³/mol. The Kier molecular flexibility index (Phi) is 5.26. The molecule has 0 radical (unpaired) electrons. The van der Waals surface area contributed by atoms with Crippen LogP contribution in [0, 0.1) is 17.8 Å². The molecule has 0 aromatic carbocycles. The van der Waals surface area contributed by atoms with Crippen LogP contribution in [0.1, 0.15) is 45.4 Å². The van der Waals surface area contributed by atoms with E-state index in [9.17, 15) is 9.59 Å². The quantitative estimate of drug-likeness (QED) is 0.785. The first-order valence-electron chi connectivity index (χ1n) is 7.85. The minimum absolute atomic E-state index is 0.0414. The Labute approximate surface area is 120 Å². The van der Waals surface area contributed by atoms with Crippen molar-refractivity contribution in [3.8, 4) is 0 Å². The van der Waals surface area contributed by atoms with Gasteiger partial charge in [-0.1, -0.05) is 0 Å². The number of carbonyl (C=O) groups excluding carboxylic acids is 1. The van der Waals surface area contributed by atoms with E-state index in [4.69, 9.17) is 5.11 Å². The molecule has 114 valence electrons. The minimum Gasteiger partial charge on any atom is -0.481 e. The average molecular weight is 282 g/mol. The molecule has 0 aromatic rings. The van der Waals surface area contributed by atoms with Crippen LogP contribution in [0.25, 0.3) is 0 Å². The van der Waals surface area contributed by atoms with Crippen LogP contribution >= 0.6 is 0 Å². The molecule has 0 bridgehead atoms. The maximum Gasteiger partial charge on any atom is 0.317 e. The van der Waals surface area contributed by atoms with Crippen LogP contribution < -0.4 is 5.32 Å². The first-order chi connectivity index (χ1) is 9.60. The Hall–Kier alpha value is -1.26. The number of aliphatic carboxylic acids is 1. The Balaban J connectivity index is 1.66. The second-order valence-corrected chi connectivity index (χ2v) is 6.22. The van der Waals surface area contributed by atoms with Crippen LogP contribution in [0.4, 0.5) is 4.79 Å². The van der Waals surface area contributed by atoms with Gasteiger partial charge < -0.3 is 15.3 Å². The zero-order chi connectivity index (χ0) is 14.5. The van der Waals surface area contributed by atoms with E-state index in [1.807, 2.05) is 11.8 Å². The molecule has 2 rings (SSSR count). The molecule has 5 heteroatoms. The highest BCUT2D eigenvalue weighted by atomic mass is 16.4. The number of amides is 2. The van der Waals surface area contributed by atoms with E-state index >= 15 is 0 Å². The van der Waals surface area contributed by atoms with Crippen molar-refractivity contribution >= 4 is 12.0 Å². The fourth-order valence-corrected chi connectivity index (χ4v) is 2.92. The Bertz CT molecular complexity index is 347. The van der Waals surface area contributed by atoms with Gasteiger partial charge in [-0.05, 0) is 57.3 Å². The van der Waals surface area contributed by atoms with Crippen LogP contribution in [0.2, 0.25) is 0 Å². The van der Waals surface area contributed by atoms with Gasteiger partial charge in [-0.15, -0.1) is 0 Å². The molecule has 0 saturated heterocycles. The number of nitrogens with one attached hydrogen (secondary N) is 1. The number of carboxylic acid groups (broad SMARTS) is 1. The topological polar surface area (TPSA) is 69.6 Å². The molecule has 2 aliphatic rings. The third kappa shape index (κ3) is 4.39. The van der Waals surface area contributed by atoms with E-state index in [1.165, 1.54) is 12.8 Å². The normalized spacial score (nSPS) is 26.1. The molecule has 0 atom stereocenters. The second-order valence-electron chi connectivity index (χ2n) is 6.22. The van der Waals surface area contributed by atoms with Crippen molar-refractivity contribution in [3.63, 3.8) is 0 Å². The van der Waals surface area contributed by atoms with E-state index in [-0.39, 0.29) is 11.9 Å². The van der Waals surface area contributed by atoms with Gasteiger partial charge >= 0.3 is 12.0 Å². The highest BCUT2D eigenvalue weighted by molar-refractivity contribution is 5.74. The number of rotatable bonds is 6. The molecule has 2 saturated carbocycles. The standard InChI is InChI=1S/C15H26N2O3/c1-2-17(10-12-3-4-12)15(20)16-9-11-5-7-13(8-6-11)14(18)19/h11-13H,2-10H2,1H3,(H,16,20)(H,18,19). The number of hydrogen-bond acceptors (Lipinski definition) is 2. The first-order valence-corrected chi connectivity index (χ1v) is 7.85. The van der Waals surface area contributed by atoms with Crippen molar-refractivity contribution in [1.29, 1.82) is 0 Å². The van der Waals surface area contributed by atoms with Crippen LogP contribution in [0.3, 0.4) is 0 Å². The number of hydrogen-bond donors (Lipinski definition) is 2. The van der Waals surface area contributed by atoms with Crippen LogP contribution in [-0.2, 0) is 4.79 Å². The summed E-state index contributed by atoms with van der Waals surface area (Å²) in [6.07, 6.45) is 5.81. The maximum atomic E-state index is 12.1. The lowest BCUT2D eigenvalue weighted by Gasteiger charge is -2.28. The van der Waals surface area contributed by atoms with Gasteiger partial charge in [0.2, 0.25) is 0 Å². The zero-order valence-electron chi connectivity index (χ0n) is 12.3. The Morgan fingerprint density at radius 1 is 1.10 bits per heavy atom. The Morgan fingerprint density at radius 3 is 2.20 bits per heavy atom. The van der Waals surface area contributed by atoms with Gasteiger partial charge in [-0.2, -0.15) is 0 Å². The molecular formula is C15H26N2O3. The molecule has 5 nitrogen and oxygen atoms in total. The predicted octanol–water partition coefficient (Wildman–Crippen LogP) is 2.32. The molecule has 2 amide bonds. The summed E-state index contributed by atoms with van der Waals surface area (Å²) in [7, 11) is 0. The van der Waals surface area contributed by atoms with Gasteiger partial charge in [0.05, 0.1) is 5.92 Å². The van der Waals surface area contributed by atoms with Gasteiger partial charge in [0.1, 0.15) is 0 Å². The van der Waals surface area contributed by atoms with Crippen molar-refractivity contribution < 1.29 is 14.7 Å². The lowest BCUT2D eigenvalue weighted by Crippen LogP contribution is -2.43. The molecule has 0 unspecified atom stereocenters. The summed E-state index contributed by atoms with van der Waals surface area (Å²) in [6.45, 7) is 4.34. The molecule has 2 fully saturated rings. The number of urea groups is 1. The largest absolute Gasteiger partial charge is 0.481 e. The molecule has 2 aliphatic carbocycles. The SMILES string of the molecule is CCN(CC1CC1)C(=O)NCC1CCC(C(=O)O)CC1. The Morgan fingerprint density at radius 2 is 1.70 bits per heavy atom. The molecule has 0 spiro atoms. The number of nitrogens with zero attached hydrogens (tertiary/aromatic N) is 1. The average Bonchev–Trinajstić information content (AvgIpc) is 3.26. The summed E-state index contributed by atoms with van der Waals surface area (Å²) in [5, 5.41) is 12.0. The summed E-state index contributed by atoms with van der Waals surface area (Å²) in [5.74, 6) is 0.305. The number of carboxylic acids is 1. The van der Waals surface area contributed by atoms with Gasteiger partial charge in [0.25, 0.3) is 0 Å². The van der Waals surface area contributed by atoms with Crippen molar-refractivity contribution in [2.75, 3.05) is 19.6 Å². The van der Waals surface area contributed by atoms with E-state index in [0.29, 0.717) is 18.4 Å². The smallest absolute Gasteiger partial charge is 0.317 e. The van der Waals surface area contributed by atoms with E-state index in [2.05, 4.69) is 5.32 Å². The summed E-state index contributed by atoms with van der Waals surface area (Å²) < 4.78 is 0. The van der Waals surface area contributed by atoms with Crippen molar-refractivity contribution in [2.45, 2.75) is 45.4 Å². The summed E-state index contributed by atoms with van der Waals surface area (Å²) in [5.41, 5.74) is 0. The second kappa shape index (κ2) is 6.95. The monoisotopic (exact) mass is 282 g/mol. The summed E-state index contributed by atoms with van der Waals surface area (Å²) in [6, 6.07) is 0.0414. The molecular weight excluding hydrogens is 256 g/mol. The highest BCUT2D eigenvalue weighted by Crippen LogP contribution is 2.30. The molecule has 0 aromatic heterocycles. The van der Waals surface area contributed by atoms with Crippen LogP contribution in [-0.4, -0.2) is 41.6 Å². The van der Waals surface area contributed by atoms with Crippen molar-refractivity contribution in [1.82, 2.24) is 10.2 Å². The van der Waals surface area contributed by atoms with Gasteiger partial charge in [0, 0.05) is 19.6 Å². The minimum atomic E-state index is -0.672. The fourth-order valence-electron chi connectivity index (χ4n) is 2.92. The molecule has 0 heterocycles. The third-order valence-corrected chi connectivity index (χ3v) is 4.58. The number of carbonyl (C=O) groups is 2. The van der Waals surface area contributed by atoms with Crippen LogP contribution in [0.5, 0.6) is 0 Å². The molecule has 2 N–H and O–H groups in total. The molecule has 0 aliphatic heterocycles. The van der Waals surface area contributed by atoms with Gasteiger partial charge in [-0.3, -0.25) is 4.79 Å². The fraction of sp³-hybridized carbons (Fsp3) is 0.867. The van der Waals surface area contributed by atoms with Crippen LogP contribution in [0.15, 0.2) is 0 Å². The van der Waals surface area contributed by atoms with E-state index in [0.717, 1.165) is 38.8 Å². The van der Waals surface area contributed by atoms with Gasteiger partial charge in [0.15, 0.2) is 0 Å². The molecule has 20 heavy (non-hydrogen) atoms. The summed E-state index contributed by atoms with van der Waals surface area (Å²) in [4.78, 5) is 24.9. The lowest BCUT2D eigenvalue weighted by molar-refractivity contribution is -0.143. The highest BCUT2D eigenvalue weighted by Gasteiger charge is 2.28.